The second-order valence-corrected chi connectivity index (χ2v) is 9.86. The van der Waals surface area contributed by atoms with Gasteiger partial charge in [-0.15, -0.1) is 0 Å². The first-order valence-electron chi connectivity index (χ1n) is 9.55. The van der Waals surface area contributed by atoms with Crippen LogP contribution in [0.25, 0.3) is 11.0 Å². The fourth-order valence-electron chi connectivity index (χ4n) is 3.48. The van der Waals surface area contributed by atoms with E-state index in [1.165, 1.54) is 0 Å². The van der Waals surface area contributed by atoms with Crippen LogP contribution in [0.3, 0.4) is 0 Å². The molecule has 1 aliphatic rings. The molecule has 154 valence electrons. The SMILES string of the molecule is CCCS(=O)(=O)N1CCC(Nc2ncc3cc(Cl)c(=O)n(C(C)C)c3n2)CC1. The van der Waals surface area contributed by atoms with Crippen LogP contribution in [0.2, 0.25) is 5.02 Å². The van der Waals surface area contributed by atoms with Crippen LogP contribution >= 0.6 is 11.6 Å². The van der Waals surface area contributed by atoms with Crippen molar-refractivity contribution in [2.75, 3.05) is 24.2 Å². The highest BCUT2D eigenvalue weighted by Crippen LogP contribution is 2.21. The number of hydrogen-bond donors (Lipinski definition) is 1. The molecule has 1 aliphatic heterocycles. The number of nitrogens with one attached hydrogen (secondary N) is 1. The standard InChI is InChI=1S/C18H26ClN5O3S/c1-4-9-28(26,27)23-7-5-14(6-8-23)21-18-20-11-13-10-15(19)17(25)24(12(2)3)16(13)22-18/h10-12,14H,4-9H2,1-3H3,(H,20,21,22). The number of nitrogens with zero attached hydrogens (tertiary/aromatic N) is 4. The highest BCUT2D eigenvalue weighted by atomic mass is 35.5. The van der Waals surface area contributed by atoms with Crippen molar-refractivity contribution in [3.8, 4) is 0 Å². The van der Waals surface area contributed by atoms with Crippen molar-refractivity contribution in [1.29, 1.82) is 0 Å². The third-order valence-electron chi connectivity index (χ3n) is 4.89. The van der Waals surface area contributed by atoms with E-state index in [9.17, 15) is 13.2 Å². The molecule has 10 heteroatoms. The van der Waals surface area contributed by atoms with Crippen molar-refractivity contribution in [3.05, 3.63) is 27.6 Å². The molecule has 0 radical (unpaired) electrons. The number of aromatic nitrogens is 3. The van der Waals surface area contributed by atoms with E-state index in [4.69, 9.17) is 11.6 Å². The van der Waals surface area contributed by atoms with Gasteiger partial charge < -0.3 is 5.32 Å². The van der Waals surface area contributed by atoms with E-state index in [2.05, 4.69) is 15.3 Å². The highest BCUT2D eigenvalue weighted by Gasteiger charge is 2.27. The van der Waals surface area contributed by atoms with Crippen molar-refractivity contribution >= 4 is 38.6 Å². The number of fused-ring (bicyclic) bond motifs is 1. The lowest BCUT2D eigenvalue weighted by Gasteiger charge is -2.31. The van der Waals surface area contributed by atoms with Crippen LogP contribution in [0.4, 0.5) is 5.95 Å². The van der Waals surface area contributed by atoms with Gasteiger partial charge in [-0.25, -0.2) is 17.7 Å². The van der Waals surface area contributed by atoms with Gasteiger partial charge in [0.1, 0.15) is 10.7 Å². The third-order valence-corrected chi connectivity index (χ3v) is 7.24. The zero-order chi connectivity index (χ0) is 20.5. The molecule has 0 aromatic carbocycles. The van der Waals surface area contributed by atoms with Gasteiger partial charge in [-0.2, -0.15) is 4.98 Å². The largest absolute Gasteiger partial charge is 0.351 e. The monoisotopic (exact) mass is 427 g/mol. The van der Waals surface area contributed by atoms with E-state index in [0.717, 1.165) is 0 Å². The minimum absolute atomic E-state index is 0.0806. The summed E-state index contributed by atoms with van der Waals surface area (Å²) in [5.74, 6) is 0.618. The number of rotatable bonds is 6. The smallest absolute Gasteiger partial charge is 0.271 e. The number of sulfonamides is 1. The molecule has 0 saturated carbocycles. The molecule has 0 atom stereocenters. The molecule has 3 rings (SSSR count). The summed E-state index contributed by atoms with van der Waals surface area (Å²) < 4.78 is 27.5. The van der Waals surface area contributed by atoms with Crippen molar-refractivity contribution in [2.24, 2.45) is 0 Å². The lowest BCUT2D eigenvalue weighted by molar-refractivity contribution is 0.329. The average molecular weight is 428 g/mol. The number of piperidine rings is 1. The van der Waals surface area contributed by atoms with Crippen LogP contribution in [0.5, 0.6) is 0 Å². The molecule has 0 aliphatic carbocycles. The molecule has 0 amide bonds. The molecule has 0 bridgehead atoms. The summed E-state index contributed by atoms with van der Waals surface area (Å²) in [5, 5.41) is 4.13. The fourth-order valence-corrected chi connectivity index (χ4v) is 5.23. The molecular formula is C18H26ClN5O3S. The molecule has 1 N–H and O–H groups in total. The van der Waals surface area contributed by atoms with Gasteiger partial charge in [-0.05, 0) is 39.2 Å². The summed E-state index contributed by atoms with van der Waals surface area (Å²) in [6, 6.07) is 1.57. The van der Waals surface area contributed by atoms with E-state index in [-0.39, 0.29) is 28.4 Å². The topological polar surface area (TPSA) is 97.2 Å². The van der Waals surface area contributed by atoms with Crippen LogP contribution in [0.1, 0.15) is 46.1 Å². The maximum atomic E-state index is 12.4. The second kappa shape index (κ2) is 8.34. The summed E-state index contributed by atoms with van der Waals surface area (Å²) >= 11 is 6.05. The number of hydrogen-bond acceptors (Lipinski definition) is 6. The molecule has 8 nitrogen and oxygen atoms in total. The fraction of sp³-hybridized carbons (Fsp3) is 0.611. The molecule has 3 heterocycles. The number of pyridine rings is 1. The van der Waals surface area contributed by atoms with Crippen LogP contribution < -0.4 is 10.9 Å². The van der Waals surface area contributed by atoms with Gasteiger partial charge in [0.05, 0.1) is 5.75 Å². The van der Waals surface area contributed by atoms with E-state index in [0.29, 0.717) is 49.3 Å². The third kappa shape index (κ3) is 4.31. The summed E-state index contributed by atoms with van der Waals surface area (Å²) in [5.41, 5.74) is 0.258. The van der Waals surface area contributed by atoms with Gasteiger partial charge in [-0.3, -0.25) is 9.36 Å². The Hall–Kier alpha value is -1.71. The predicted molar refractivity (Wildman–Crippen MR) is 111 cm³/mol. The summed E-state index contributed by atoms with van der Waals surface area (Å²) in [4.78, 5) is 21.3. The van der Waals surface area contributed by atoms with Crippen LogP contribution in [0, 0.1) is 0 Å². The van der Waals surface area contributed by atoms with Gasteiger partial charge in [-0.1, -0.05) is 18.5 Å². The lowest BCUT2D eigenvalue weighted by Crippen LogP contribution is -2.43. The van der Waals surface area contributed by atoms with Crippen LogP contribution in [0.15, 0.2) is 17.1 Å². The molecule has 28 heavy (non-hydrogen) atoms. The Morgan fingerprint density at radius 1 is 1.32 bits per heavy atom. The quantitative estimate of drug-likeness (QED) is 0.761. The van der Waals surface area contributed by atoms with E-state index in [1.54, 1.807) is 21.1 Å². The normalized spacial score (nSPS) is 16.8. The number of anilines is 1. The molecule has 1 fully saturated rings. The van der Waals surface area contributed by atoms with Crippen molar-refractivity contribution in [2.45, 2.75) is 52.1 Å². The molecule has 0 unspecified atom stereocenters. The Bertz CT molecular complexity index is 1010. The van der Waals surface area contributed by atoms with Crippen molar-refractivity contribution in [1.82, 2.24) is 18.8 Å². The molecule has 2 aromatic rings. The molecule has 0 spiro atoms. The van der Waals surface area contributed by atoms with E-state index >= 15 is 0 Å². The Balaban J connectivity index is 1.78. The Morgan fingerprint density at radius 3 is 2.61 bits per heavy atom. The zero-order valence-electron chi connectivity index (χ0n) is 16.4. The minimum Gasteiger partial charge on any atom is -0.351 e. The van der Waals surface area contributed by atoms with Gasteiger partial charge in [0.2, 0.25) is 16.0 Å². The Labute approximate surface area is 170 Å². The van der Waals surface area contributed by atoms with E-state index in [1.807, 2.05) is 20.8 Å². The minimum atomic E-state index is -3.16. The predicted octanol–water partition coefficient (Wildman–Crippen LogP) is 2.64. The average Bonchev–Trinajstić information content (AvgIpc) is 2.63. The van der Waals surface area contributed by atoms with Crippen molar-refractivity contribution < 1.29 is 8.42 Å². The van der Waals surface area contributed by atoms with Crippen LogP contribution in [-0.4, -0.2) is 52.1 Å². The highest BCUT2D eigenvalue weighted by molar-refractivity contribution is 7.89. The summed E-state index contributed by atoms with van der Waals surface area (Å²) in [7, 11) is -3.16. The van der Waals surface area contributed by atoms with Gasteiger partial charge in [0.15, 0.2) is 0 Å². The molecular weight excluding hydrogens is 402 g/mol. The van der Waals surface area contributed by atoms with Crippen molar-refractivity contribution in [3.63, 3.8) is 0 Å². The second-order valence-electron chi connectivity index (χ2n) is 7.37. The molecule has 1 saturated heterocycles. The first kappa shape index (κ1) is 21.0. The van der Waals surface area contributed by atoms with Gasteiger partial charge in [0, 0.05) is 36.8 Å². The first-order valence-corrected chi connectivity index (χ1v) is 11.5. The summed E-state index contributed by atoms with van der Waals surface area (Å²) in [6.07, 6.45) is 3.63. The number of halogens is 1. The van der Waals surface area contributed by atoms with E-state index < -0.39 is 10.0 Å². The lowest BCUT2D eigenvalue weighted by atomic mass is 10.1. The van der Waals surface area contributed by atoms with Crippen LogP contribution in [-0.2, 0) is 10.0 Å². The first-order chi connectivity index (χ1) is 13.2. The summed E-state index contributed by atoms with van der Waals surface area (Å²) in [6.45, 7) is 6.64. The van der Waals surface area contributed by atoms with Gasteiger partial charge >= 0.3 is 0 Å². The maximum absolute atomic E-state index is 12.4. The zero-order valence-corrected chi connectivity index (χ0v) is 17.9. The maximum Gasteiger partial charge on any atom is 0.271 e. The Kier molecular flexibility index (Phi) is 6.26. The Morgan fingerprint density at radius 2 is 2.00 bits per heavy atom. The molecule has 2 aromatic heterocycles. The van der Waals surface area contributed by atoms with Gasteiger partial charge in [0.25, 0.3) is 5.56 Å².